The zero-order chi connectivity index (χ0) is 22.8. The predicted molar refractivity (Wildman–Crippen MR) is 119 cm³/mol. The van der Waals surface area contributed by atoms with Gasteiger partial charge < -0.3 is 24.3 Å². The third kappa shape index (κ3) is 4.01. The first-order valence-corrected chi connectivity index (χ1v) is 10.5. The summed E-state index contributed by atoms with van der Waals surface area (Å²) in [6, 6.07) is 8.76. The van der Waals surface area contributed by atoms with Gasteiger partial charge in [0.1, 0.15) is 11.3 Å². The molecule has 1 aliphatic heterocycles. The Morgan fingerprint density at radius 3 is 2.81 bits per heavy atom. The van der Waals surface area contributed by atoms with Crippen LogP contribution in [0.15, 0.2) is 65.3 Å². The Bertz CT molecular complexity index is 1250. The maximum Gasteiger partial charge on any atom is 0.340 e. The molecular weight excluding hydrogens is 432 g/mol. The minimum absolute atomic E-state index is 0.0770. The molecule has 1 aliphatic rings. The zero-order valence-electron chi connectivity index (χ0n) is 17.7. The SMILES string of the molecule is COC(=O)C1=C(N)Oc2cc(C)n(CCCn3ccnc3)c(=O)c2[C@H]1c1cccc(Cl)c1. The highest BCUT2D eigenvalue weighted by Crippen LogP contribution is 2.41. The Morgan fingerprint density at radius 1 is 1.31 bits per heavy atom. The van der Waals surface area contributed by atoms with Crippen LogP contribution < -0.4 is 16.0 Å². The Hall–Kier alpha value is -3.52. The van der Waals surface area contributed by atoms with E-state index < -0.39 is 11.9 Å². The van der Waals surface area contributed by atoms with Crippen LogP contribution in [-0.4, -0.2) is 27.2 Å². The Balaban J connectivity index is 1.81. The normalized spacial score (nSPS) is 15.3. The second kappa shape index (κ2) is 8.92. The van der Waals surface area contributed by atoms with E-state index in [2.05, 4.69) is 4.98 Å². The van der Waals surface area contributed by atoms with Crippen molar-refractivity contribution in [3.05, 3.63) is 92.7 Å². The molecule has 0 fully saturated rings. The molecule has 0 bridgehead atoms. The van der Waals surface area contributed by atoms with E-state index in [0.29, 0.717) is 28.4 Å². The number of carbonyl (C=O) groups excluding carboxylic acids is 1. The molecule has 0 amide bonds. The molecule has 32 heavy (non-hydrogen) atoms. The fraction of sp³-hybridized carbons (Fsp3) is 0.261. The fourth-order valence-corrected chi connectivity index (χ4v) is 4.22. The van der Waals surface area contributed by atoms with E-state index in [-0.39, 0.29) is 17.0 Å². The molecule has 1 atom stereocenters. The van der Waals surface area contributed by atoms with Crippen molar-refractivity contribution >= 4 is 17.6 Å². The lowest BCUT2D eigenvalue weighted by molar-refractivity contribution is -0.136. The number of esters is 1. The van der Waals surface area contributed by atoms with Gasteiger partial charge in [0.15, 0.2) is 0 Å². The van der Waals surface area contributed by atoms with Gasteiger partial charge in [-0.15, -0.1) is 0 Å². The number of aryl methyl sites for hydroxylation is 2. The number of rotatable bonds is 6. The van der Waals surface area contributed by atoms with E-state index in [1.807, 2.05) is 17.7 Å². The summed E-state index contributed by atoms with van der Waals surface area (Å²) in [5.41, 5.74) is 7.66. The fourth-order valence-electron chi connectivity index (χ4n) is 4.02. The molecule has 1 aromatic carbocycles. The first kappa shape index (κ1) is 21.7. The van der Waals surface area contributed by atoms with Gasteiger partial charge in [0.25, 0.3) is 5.56 Å². The van der Waals surface area contributed by atoms with Crippen LogP contribution in [0.4, 0.5) is 0 Å². The number of pyridine rings is 1. The van der Waals surface area contributed by atoms with Crippen LogP contribution in [0.25, 0.3) is 0 Å². The van der Waals surface area contributed by atoms with Gasteiger partial charge in [0.05, 0.1) is 24.9 Å². The maximum atomic E-state index is 13.7. The van der Waals surface area contributed by atoms with Crippen molar-refractivity contribution in [1.29, 1.82) is 0 Å². The van der Waals surface area contributed by atoms with Crippen LogP contribution >= 0.6 is 11.6 Å². The van der Waals surface area contributed by atoms with Crippen LogP contribution in [0.5, 0.6) is 5.75 Å². The summed E-state index contributed by atoms with van der Waals surface area (Å²) in [7, 11) is 1.26. The second-order valence-electron chi connectivity index (χ2n) is 7.53. The van der Waals surface area contributed by atoms with E-state index >= 15 is 0 Å². The standard InChI is InChI=1S/C23H23ClN4O4/c1-14-11-17-19(22(29)28(14)9-4-8-27-10-7-26-13-27)18(15-5-3-6-16(24)12-15)20(21(25)32-17)23(30)31-2/h3,5-7,10-13,18H,4,8-9,25H2,1-2H3/t18-/m1/s1. The van der Waals surface area contributed by atoms with Gasteiger partial charge >= 0.3 is 5.97 Å². The smallest absolute Gasteiger partial charge is 0.340 e. The Labute approximate surface area is 189 Å². The van der Waals surface area contributed by atoms with Crippen LogP contribution in [0.3, 0.4) is 0 Å². The molecule has 2 N–H and O–H groups in total. The third-order valence-electron chi connectivity index (χ3n) is 5.51. The number of halogens is 1. The van der Waals surface area contributed by atoms with Crippen molar-refractivity contribution < 1.29 is 14.3 Å². The summed E-state index contributed by atoms with van der Waals surface area (Å²) in [6.45, 7) is 3.05. The molecule has 0 spiro atoms. The second-order valence-corrected chi connectivity index (χ2v) is 7.97. The van der Waals surface area contributed by atoms with Crippen LogP contribution in [0.2, 0.25) is 5.02 Å². The molecule has 0 saturated carbocycles. The summed E-state index contributed by atoms with van der Waals surface area (Å²) in [6.07, 6.45) is 6.05. The number of benzene rings is 1. The van der Waals surface area contributed by atoms with Crippen molar-refractivity contribution in [2.75, 3.05) is 7.11 Å². The number of nitrogens with zero attached hydrogens (tertiary/aromatic N) is 3. The van der Waals surface area contributed by atoms with Crippen molar-refractivity contribution in [3.8, 4) is 5.75 Å². The van der Waals surface area contributed by atoms with Gasteiger partial charge in [-0.2, -0.15) is 0 Å². The lowest BCUT2D eigenvalue weighted by Gasteiger charge is -2.29. The third-order valence-corrected chi connectivity index (χ3v) is 5.75. The number of ether oxygens (including phenoxy) is 2. The van der Waals surface area contributed by atoms with Crippen molar-refractivity contribution in [2.24, 2.45) is 5.73 Å². The van der Waals surface area contributed by atoms with Gasteiger partial charge in [0.2, 0.25) is 5.88 Å². The summed E-state index contributed by atoms with van der Waals surface area (Å²) < 4.78 is 14.3. The molecule has 8 nitrogen and oxygen atoms in total. The number of hydrogen-bond acceptors (Lipinski definition) is 6. The van der Waals surface area contributed by atoms with Crippen LogP contribution in [0, 0.1) is 6.92 Å². The number of methoxy groups -OCH3 is 1. The summed E-state index contributed by atoms with van der Waals surface area (Å²) in [5.74, 6) is -1.19. The van der Waals surface area contributed by atoms with Gasteiger partial charge in [-0.05, 0) is 31.0 Å². The predicted octanol–water partition coefficient (Wildman–Crippen LogP) is 2.96. The molecule has 0 unspecified atom stereocenters. The van der Waals surface area contributed by atoms with Crippen molar-refractivity contribution in [2.45, 2.75) is 32.4 Å². The molecule has 2 aromatic heterocycles. The van der Waals surface area contributed by atoms with Gasteiger partial charge in [-0.3, -0.25) is 4.79 Å². The van der Waals surface area contributed by atoms with Crippen molar-refractivity contribution in [1.82, 2.24) is 14.1 Å². The quantitative estimate of drug-likeness (QED) is 0.574. The number of fused-ring (bicyclic) bond motifs is 1. The van der Waals surface area contributed by atoms with E-state index in [9.17, 15) is 9.59 Å². The lowest BCUT2D eigenvalue weighted by Crippen LogP contribution is -2.35. The molecular formula is C23H23ClN4O4. The molecule has 9 heteroatoms. The molecule has 0 saturated heterocycles. The highest BCUT2D eigenvalue weighted by molar-refractivity contribution is 6.30. The molecule has 0 aliphatic carbocycles. The summed E-state index contributed by atoms with van der Waals surface area (Å²) >= 11 is 6.22. The van der Waals surface area contributed by atoms with Crippen LogP contribution in [-0.2, 0) is 22.6 Å². The highest BCUT2D eigenvalue weighted by Gasteiger charge is 2.38. The summed E-state index contributed by atoms with van der Waals surface area (Å²) in [5, 5.41) is 0.478. The van der Waals surface area contributed by atoms with E-state index in [1.165, 1.54) is 7.11 Å². The Kier molecular flexibility index (Phi) is 6.05. The maximum absolute atomic E-state index is 13.7. The minimum Gasteiger partial charge on any atom is -0.465 e. The highest BCUT2D eigenvalue weighted by atomic mass is 35.5. The lowest BCUT2D eigenvalue weighted by atomic mass is 9.83. The monoisotopic (exact) mass is 454 g/mol. The molecule has 166 valence electrons. The minimum atomic E-state index is -0.766. The van der Waals surface area contributed by atoms with Gasteiger partial charge in [-0.25, -0.2) is 9.78 Å². The van der Waals surface area contributed by atoms with E-state index in [1.54, 1.807) is 47.4 Å². The number of imidazole rings is 1. The van der Waals surface area contributed by atoms with E-state index in [0.717, 1.165) is 18.7 Å². The average Bonchev–Trinajstić information content (AvgIpc) is 3.28. The summed E-state index contributed by atoms with van der Waals surface area (Å²) in [4.78, 5) is 30.3. The first-order valence-electron chi connectivity index (χ1n) is 10.1. The zero-order valence-corrected chi connectivity index (χ0v) is 18.5. The van der Waals surface area contributed by atoms with Gasteiger partial charge in [0, 0.05) is 42.3 Å². The van der Waals surface area contributed by atoms with Crippen molar-refractivity contribution in [3.63, 3.8) is 0 Å². The van der Waals surface area contributed by atoms with Crippen LogP contribution in [0.1, 0.15) is 29.2 Å². The molecule has 3 heterocycles. The largest absolute Gasteiger partial charge is 0.465 e. The number of aromatic nitrogens is 3. The molecule has 4 rings (SSSR count). The Morgan fingerprint density at radius 2 is 2.12 bits per heavy atom. The number of carbonyl (C=O) groups is 1. The molecule has 3 aromatic rings. The average molecular weight is 455 g/mol. The molecule has 0 radical (unpaired) electrons. The van der Waals surface area contributed by atoms with Gasteiger partial charge in [-0.1, -0.05) is 23.7 Å². The first-order chi connectivity index (χ1) is 15.4. The number of hydrogen-bond donors (Lipinski definition) is 1. The topological polar surface area (TPSA) is 101 Å². The van der Waals surface area contributed by atoms with E-state index in [4.69, 9.17) is 26.8 Å². The number of nitrogens with two attached hydrogens (primary N) is 1.